The molecule has 1 aliphatic heterocycles. The topological polar surface area (TPSA) is 77.0 Å². The van der Waals surface area contributed by atoms with Gasteiger partial charge in [-0.25, -0.2) is 4.79 Å². The first kappa shape index (κ1) is 20.7. The number of ether oxygens (including phenoxy) is 3. The second-order valence-electron chi connectivity index (χ2n) is 7.12. The molecule has 2 atom stereocenters. The Morgan fingerprint density at radius 2 is 2.00 bits per heavy atom. The first-order valence-corrected chi connectivity index (χ1v) is 8.21. The highest BCUT2D eigenvalue weighted by atomic mass is 19.4. The van der Waals surface area contributed by atoms with Crippen molar-refractivity contribution in [2.75, 3.05) is 6.61 Å². The highest BCUT2D eigenvalue weighted by Gasteiger charge is 2.37. The summed E-state index contributed by atoms with van der Waals surface area (Å²) in [5.41, 5.74) is -1.30. The summed E-state index contributed by atoms with van der Waals surface area (Å²) in [5.74, 6) is -0.111. The van der Waals surface area contributed by atoms with Gasteiger partial charge in [-0.2, -0.15) is 13.2 Å². The Bertz CT molecular complexity index is 721. The van der Waals surface area contributed by atoms with Crippen LogP contribution in [0, 0.1) is 0 Å². The number of benzene rings is 1. The van der Waals surface area contributed by atoms with Gasteiger partial charge in [-0.1, -0.05) is 6.07 Å². The summed E-state index contributed by atoms with van der Waals surface area (Å²) >= 11 is 0. The van der Waals surface area contributed by atoms with Crippen molar-refractivity contribution in [2.24, 2.45) is 0 Å². The number of aliphatic hydroxyl groups excluding tert-OH is 1. The lowest BCUT2D eigenvalue weighted by Gasteiger charge is -2.34. The summed E-state index contributed by atoms with van der Waals surface area (Å²) < 4.78 is 54.8. The van der Waals surface area contributed by atoms with E-state index in [-0.39, 0.29) is 18.1 Å². The summed E-state index contributed by atoms with van der Waals surface area (Å²) in [6, 6.07) is 2.18. The number of nitrogens with one attached hydrogen (secondary N) is 1. The molecule has 1 aromatic rings. The Balaban J connectivity index is 2.33. The summed E-state index contributed by atoms with van der Waals surface area (Å²) in [6.07, 6.45) is -4.97. The fraction of sp³-hybridized carbons (Fsp3) is 0.500. The van der Waals surface area contributed by atoms with Crippen LogP contribution in [0.1, 0.15) is 44.9 Å². The molecule has 27 heavy (non-hydrogen) atoms. The maximum absolute atomic E-state index is 12.9. The minimum Gasteiger partial charge on any atom is -0.509 e. The van der Waals surface area contributed by atoms with Crippen LogP contribution in [-0.4, -0.2) is 29.5 Å². The molecule has 2 rings (SSSR count). The smallest absolute Gasteiger partial charge is 0.416 e. The molecule has 0 aliphatic carbocycles. The number of carbonyl (C=O) groups is 1. The number of carbonyl (C=O) groups excluding carboxylic acids is 1. The summed E-state index contributed by atoms with van der Waals surface area (Å²) in [4.78, 5) is 12.2. The van der Waals surface area contributed by atoms with Crippen molar-refractivity contribution < 1.29 is 37.3 Å². The van der Waals surface area contributed by atoms with Crippen molar-refractivity contribution in [3.63, 3.8) is 0 Å². The number of halogens is 3. The van der Waals surface area contributed by atoms with Crippen molar-refractivity contribution in [1.82, 2.24) is 5.32 Å². The van der Waals surface area contributed by atoms with Crippen molar-refractivity contribution in [2.45, 2.75) is 51.6 Å². The fourth-order valence-electron chi connectivity index (χ4n) is 2.47. The minimum absolute atomic E-state index is 0.00423. The molecule has 150 valence electrons. The molecule has 6 nitrogen and oxygen atoms in total. The molecule has 0 fully saturated rings. The second kappa shape index (κ2) is 7.58. The third-order valence-electron chi connectivity index (χ3n) is 3.54. The number of amides is 1. The number of allylic oxidation sites excluding steroid dienone is 1. The van der Waals surface area contributed by atoms with Gasteiger partial charge >= 0.3 is 12.3 Å². The van der Waals surface area contributed by atoms with Crippen LogP contribution in [0.4, 0.5) is 18.0 Å². The van der Waals surface area contributed by atoms with Gasteiger partial charge in [0.2, 0.25) is 0 Å². The lowest BCUT2D eigenvalue weighted by atomic mass is 9.96. The van der Waals surface area contributed by atoms with Gasteiger partial charge in [0.1, 0.15) is 36.0 Å². The van der Waals surface area contributed by atoms with Crippen LogP contribution in [0.25, 0.3) is 0 Å². The lowest BCUT2D eigenvalue weighted by molar-refractivity contribution is -0.137. The molecule has 1 aromatic carbocycles. The monoisotopic (exact) mass is 389 g/mol. The predicted octanol–water partition coefficient (Wildman–Crippen LogP) is 4.47. The van der Waals surface area contributed by atoms with Crippen molar-refractivity contribution >= 4 is 6.09 Å². The van der Waals surface area contributed by atoms with E-state index in [2.05, 4.69) is 5.32 Å². The molecule has 0 saturated carbocycles. The summed E-state index contributed by atoms with van der Waals surface area (Å²) in [7, 11) is 0. The third kappa shape index (κ3) is 5.70. The highest BCUT2D eigenvalue weighted by molar-refractivity contribution is 5.69. The third-order valence-corrected chi connectivity index (χ3v) is 3.54. The molecule has 2 N–H and O–H groups in total. The first-order valence-electron chi connectivity index (χ1n) is 8.21. The van der Waals surface area contributed by atoms with E-state index in [9.17, 15) is 23.1 Å². The van der Waals surface area contributed by atoms with Crippen LogP contribution in [0.15, 0.2) is 30.2 Å². The van der Waals surface area contributed by atoms with Gasteiger partial charge in [0.25, 0.3) is 0 Å². The van der Waals surface area contributed by atoms with E-state index in [1.54, 1.807) is 20.8 Å². The first-order chi connectivity index (χ1) is 12.4. The van der Waals surface area contributed by atoms with E-state index in [0.29, 0.717) is 5.56 Å². The van der Waals surface area contributed by atoms with Crippen LogP contribution >= 0.6 is 0 Å². The zero-order chi connectivity index (χ0) is 20.4. The molecule has 2 unspecified atom stereocenters. The normalized spacial score (nSPS) is 20.3. The van der Waals surface area contributed by atoms with E-state index in [1.165, 1.54) is 13.0 Å². The molecule has 1 heterocycles. The Labute approximate surface area is 154 Å². The minimum atomic E-state index is -4.52. The number of hydrogen-bond donors (Lipinski definition) is 2. The Morgan fingerprint density at radius 1 is 1.33 bits per heavy atom. The van der Waals surface area contributed by atoms with E-state index >= 15 is 0 Å². The van der Waals surface area contributed by atoms with Crippen molar-refractivity contribution in [3.05, 3.63) is 41.3 Å². The number of alkyl halides is 3. The van der Waals surface area contributed by atoms with Crippen LogP contribution in [-0.2, 0) is 15.7 Å². The standard InChI is InChI=1S/C18H22F3NO5/c1-10(23)8-25-14-9-26-13-7-11(18(19,20)21)5-6-12(13)15(14)22-16(24)27-17(2,3)4/h5-8,14-15,23H,9H2,1-4H3,(H,22,24)/b10-8-. The maximum Gasteiger partial charge on any atom is 0.416 e. The molecule has 0 radical (unpaired) electrons. The second-order valence-corrected chi connectivity index (χ2v) is 7.12. The molecular formula is C18H22F3NO5. The molecule has 1 aliphatic rings. The Kier molecular flexibility index (Phi) is 5.82. The van der Waals surface area contributed by atoms with Crippen molar-refractivity contribution in [1.29, 1.82) is 0 Å². The highest BCUT2D eigenvalue weighted by Crippen LogP contribution is 2.39. The number of rotatable bonds is 3. The molecule has 9 heteroatoms. The Morgan fingerprint density at radius 3 is 2.56 bits per heavy atom. The number of aliphatic hydroxyl groups is 1. The summed E-state index contributed by atoms with van der Waals surface area (Å²) in [6.45, 7) is 6.33. The van der Waals surface area contributed by atoms with Crippen molar-refractivity contribution in [3.8, 4) is 5.75 Å². The van der Waals surface area contributed by atoms with E-state index in [0.717, 1.165) is 18.4 Å². The zero-order valence-electron chi connectivity index (χ0n) is 15.4. The van der Waals surface area contributed by atoms with Gasteiger partial charge < -0.3 is 24.6 Å². The average Bonchev–Trinajstić information content (AvgIpc) is 2.50. The molecule has 0 saturated heterocycles. The molecular weight excluding hydrogens is 367 g/mol. The van der Waals surface area contributed by atoms with Gasteiger partial charge in [0.05, 0.1) is 5.56 Å². The van der Waals surface area contributed by atoms with Gasteiger partial charge in [0.15, 0.2) is 6.10 Å². The van der Waals surface area contributed by atoms with Crippen LogP contribution in [0.5, 0.6) is 5.75 Å². The van der Waals surface area contributed by atoms with Crippen LogP contribution < -0.4 is 10.1 Å². The average molecular weight is 389 g/mol. The zero-order valence-corrected chi connectivity index (χ0v) is 15.4. The van der Waals surface area contributed by atoms with Crippen LogP contribution in [0.2, 0.25) is 0 Å². The van der Waals surface area contributed by atoms with E-state index < -0.39 is 35.6 Å². The largest absolute Gasteiger partial charge is 0.509 e. The molecule has 0 aromatic heterocycles. The Hall–Kier alpha value is -2.58. The number of hydrogen-bond acceptors (Lipinski definition) is 5. The summed E-state index contributed by atoms with van der Waals surface area (Å²) in [5, 5.41) is 11.9. The van der Waals surface area contributed by atoms with Gasteiger partial charge in [-0.05, 0) is 39.8 Å². The number of fused-ring (bicyclic) bond motifs is 1. The quantitative estimate of drug-likeness (QED) is 0.746. The molecule has 0 bridgehead atoms. The van der Waals surface area contributed by atoms with Gasteiger partial charge in [-0.15, -0.1) is 0 Å². The van der Waals surface area contributed by atoms with Gasteiger partial charge in [-0.3, -0.25) is 0 Å². The van der Waals surface area contributed by atoms with E-state index in [4.69, 9.17) is 14.2 Å². The fourth-order valence-corrected chi connectivity index (χ4v) is 2.47. The van der Waals surface area contributed by atoms with Gasteiger partial charge in [0, 0.05) is 5.56 Å². The SMILES string of the molecule is C/C(O)=C/OC1COc2cc(C(F)(F)F)ccc2C1NC(=O)OC(C)(C)C. The lowest BCUT2D eigenvalue weighted by Crippen LogP contribution is -2.44. The number of alkyl carbamates (subject to hydrolysis) is 1. The maximum atomic E-state index is 12.9. The predicted molar refractivity (Wildman–Crippen MR) is 90.3 cm³/mol. The molecule has 1 amide bonds. The molecule has 0 spiro atoms. The van der Waals surface area contributed by atoms with Crippen LogP contribution in [0.3, 0.4) is 0 Å². The van der Waals surface area contributed by atoms with E-state index in [1.807, 2.05) is 0 Å².